The summed E-state index contributed by atoms with van der Waals surface area (Å²) < 4.78 is 5.85. The van der Waals surface area contributed by atoms with E-state index in [9.17, 15) is 4.79 Å². The summed E-state index contributed by atoms with van der Waals surface area (Å²) in [5, 5.41) is 5.92. The number of hydrogen-bond acceptors (Lipinski definition) is 3. The fourth-order valence-electron chi connectivity index (χ4n) is 2.49. The molecule has 1 aliphatic carbocycles. The Morgan fingerprint density at radius 3 is 2.68 bits per heavy atom. The number of carbonyl (C=O) groups excluding carboxylic acids is 1. The number of carbonyl (C=O) groups is 1. The molecule has 114 valence electrons. The maximum Gasteiger partial charge on any atom is 0.224 e. The van der Waals surface area contributed by atoms with Crippen LogP contribution in [0.5, 0.6) is 0 Å². The van der Waals surface area contributed by atoms with Crippen LogP contribution in [-0.4, -0.2) is 38.8 Å². The molecular formula is C14H29ClN2O2. The summed E-state index contributed by atoms with van der Waals surface area (Å²) >= 11 is 0. The van der Waals surface area contributed by atoms with Crippen molar-refractivity contribution in [3.63, 3.8) is 0 Å². The zero-order chi connectivity index (χ0) is 13.4. The topological polar surface area (TPSA) is 50.4 Å². The van der Waals surface area contributed by atoms with Gasteiger partial charge in [-0.2, -0.15) is 0 Å². The van der Waals surface area contributed by atoms with Gasteiger partial charge >= 0.3 is 0 Å². The SMILES string of the molecule is CNCC(C)C(=O)NCCOC1CCCCC1C.Cl. The minimum absolute atomic E-state index is 0. The number of rotatable bonds is 7. The van der Waals surface area contributed by atoms with Crippen molar-refractivity contribution in [2.24, 2.45) is 11.8 Å². The van der Waals surface area contributed by atoms with E-state index in [1.807, 2.05) is 14.0 Å². The lowest BCUT2D eigenvalue weighted by Crippen LogP contribution is -2.37. The van der Waals surface area contributed by atoms with Gasteiger partial charge < -0.3 is 15.4 Å². The van der Waals surface area contributed by atoms with Gasteiger partial charge in [-0.05, 0) is 25.8 Å². The summed E-state index contributed by atoms with van der Waals surface area (Å²) in [6.45, 7) is 6.16. The average Bonchev–Trinajstić information content (AvgIpc) is 2.36. The van der Waals surface area contributed by atoms with Crippen LogP contribution >= 0.6 is 12.4 Å². The van der Waals surface area contributed by atoms with Crippen molar-refractivity contribution in [3.8, 4) is 0 Å². The summed E-state index contributed by atoms with van der Waals surface area (Å²) in [6.07, 6.45) is 5.45. The Hall–Kier alpha value is -0.320. The molecule has 1 rings (SSSR count). The second-order valence-electron chi connectivity index (χ2n) is 5.42. The van der Waals surface area contributed by atoms with Gasteiger partial charge in [0.15, 0.2) is 0 Å². The molecule has 1 aliphatic rings. The smallest absolute Gasteiger partial charge is 0.224 e. The highest BCUT2D eigenvalue weighted by Gasteiger charge is 2.21. The molecular weight excluding hydrogens is 264 g/mol. The van der Waals surface area contributed by atoms with Gasteiger partial charge in [-0.25, -0.2) is 0 Å². The molecule has 3 unspecified atom stereocenters. The second kappa shape index (κ2) is 10.5. The first-order chi connectivity index (χ1) is 8.65. The monoisotopic (exact) mass is 292 g/mol. The minimum Gasteiger partial charge on any atom is -0.376 e. The van der Waals surface area contributed by atoms with E-state index >= 15 is 0 Å². The van der Waals surface area contributed by atoms with Gasteiger partial charge in [0.2, 0.25) is 5.91 Å². The first kappa shape index (κ1) is 18.7. The maximum absolute atomic E-state index is 11.6. The summed E-state index contributed by atoms with van der Waals surface area (Å²) in [5.41, 5.74) is 0. The van der Waals surface area contributed by atoms with Gasteiger partial charge in [-0.1, -0.05) is 26.7 Å². The first-order valence-corrected chi connectivity index (χ1v) is 7.19. The van der Waals surface area contributed by atoms with E-state index in [0.717, 1.165) is 0 Å². The highest BCUT2D eigenvalue weighted by Crippen LogP contribution is 2.25. The molecule has 0 spiro atoms. The Labute approximate surface area is 123 Å². The summed E-state index contributed by atoms with van der Waals surface area (Å²) in [7, 11) is 1.86. The predicted molar refractivity (Wildman–Crippen MR) is 80.7 cm³/mol. The molecule has 1 fully saturated rings. The summed E-state index contributed by atoms with van der Waals surface area (Å²) in [6, 6.07) is 0. The molecule has 0 aromatic heterocycles. The number of nitrogens with one attached hydrogen (secondary N) is 2. The Morgan fingerprint density at radius 1 is 1.37 bits per heavy atom. The van der Waals surface area contributed by atoms with Crippen LogP contribution in [0.1, 0.15) is 39.5 Å². The lowest BCUT2D eigenvalue weighted by Gasteiger charge is -2.28. The van der Waals surface area contributed by atoms with Gasteiger partial charge in [0.25, 0.3) is 0 Å². The van der Waals surface area contributed by atoms with Crippen LogP contribution in [0.3, 0.4) is 0 Å². The van der Waals surface area contributed by atoms with E-state index in [1.165, 1.54) is 25.7 Å². The Balaban J connectivity index is 0.00000324. The van der Waals surface area contributed by atoms with Crippen LogP contribution in [0, 0.1) is 11.8 Å². The largest absolute Gasteiger partial charge is 0.376 e. The third kappa shape index (κ3) is 7.14. The first-order valence-electron chi connectivity index (χ1n) is 7.19. The van der Waals surface area contributed by atoms with Crippen LogP contribution in [0.15, 0.2) is 0 Å². The van der Waals surface area contributed by atoms with Crippen LogP contribution < -0.4 is 10.6 Å². The van der Waals surface area contributed by atoms with Gasteiger partial charge in [-0.15, -0.1) is 12.4 Å². The molecule has 0 bridgehead atoms. The predicted octanol–water partition coefficient (Wildman–Crippen LogP) is 1.98. The van der Waals surface area contributed by atoms with Crippen LogP contribution in [0.25, 0.3) is 0 Å². The van der Waals surface area contributed by atoms with Crippen molar-refractivity contribution >= 4 is 18.3 Å². The van der Waals surface area contributed by atoms with Crippen LogP contribution in [0.2, 0.25) is 0 Å². The minimum atomic E-state index is 0. The molecule has 3 atom stereocenters. The normalized spacial score (nSPS) is 24.4. The highest BCUT2D eigenvalue weighted by atomic mass is 35.5. The van der Waals surface area contributed by atoms with Gasteiger partial charge in [0.1, 0.15) is 0 Å². The van der Waals surface area contributed by atoms with Crippen molar-refractivity contribution in [1.82, 2.24) is 10.6 Å². The van der Waals surface area contributed by atoms with E-state index in [-0.39, 0.29) is 24.2 Å². The fourth-order valence-corrected chi connectivity index (χ4v) is 2.49. The maximum atomic E-state index is 11.6. The number of ether oxygens (including phenoxy) is 1. The molecule has 0 saturated heterocycles. The fraction of sp³-hybridized carbons (Fsp3) is 0.929. The molecule has 0 aromatic carbocycles. The van der Waals surface area contributed by atoms with E-state index in [2.05, 4.69) is 17.6 Å². The molecule has 1 saturated carbocycles. The molecule has 0 radical (unpaired) electrons. The van der Waals surface area contributed by atoms with E-state index in [0.29, 0.717) is 31.7 Å². The molecule has 2 N–H and O–H groups in total. The molecule has 0 aromatic rings. The van der Waals surface area contributed by atoms with E-state index in [1.54, 1.807) is 0 Å². The van der Waals surface area contributed by atoms with E-state index in [4.69, 9.17) is 4.74 Å². The lowest BCUT2D eigenvalue weighted by molar-refractivity contribution is -0.124. The average molecular weight is 293 g/mol. The highest BCUT2D eigenvalue weighted by molar-refractivity contribution is 5.85. The van der Waals surface area contributed by atoms with Crippen molar-refractivity contribution in [1.29, 1.82) is 0 Å². The third-order valence-corrected chi connectivity index (χ3v) is 3.72. The zero-order valence-corrected chi connectivity index (χ0v) is 13.2. The molecule has 1 amide bonds. The summed E-state index contributed by atoms with van der Waals surface area (Å²) in [4.78, 5) is 11.6. The number of halogens is 1. The van der Waals surface area contributed by atoms with E-state index < -0.39 is 0 Å². The Morgan fingerprint density at radius 2 is 2.05 bits per heavy atom. The van der Waals surface area contributed by atoms with Crippen LogP contribution in [-0.2, 0) is 9.53 Å². The van der Waals surface area contributed by atoms with Crippen molar-refractivity contribution in [2.75, 3.05) is 26.7 Å². The van der Waals surface area contributed by atoms with Crippen molar-refractivity contribution < 1.29 is 9.53 Å². The summed E-state index contributed by atoms with van der Waals surface area (Å²) in [5.74, 6) is 0.783. The van der Waals surface area contributed by atoms with Crippen molar-refractivity contribution in [3.05, 3.63) is 0 Å². The molecule has 0 heterocycles. The third-order valence-electron chi connectivity index (χ3n) is 3.72. The Bertz CT molecular complexity index is 252. The van der Waals surface area contributed by atoms with Gasteiger partial charge in [-0.3, -0.25) is 4.79 Å². The lowest BCUT2D eigenvalue weighted by atomic mass is 9.88. The van der Waals surface area contributed by atoms with Crippen LogP contribution in [0.4, 0.5) is 0 Å². The van der Waals surface area contributed by atoms with Gasteiger partial charge in [0, 0.05) is 19.0 Å². The zero-order valence-electron chi connectivity index (χ0n) is 12.4. The standard InChI is InChI=1S/C14H28N2O2.ClH/c1-11-6-4-5-7-13(11)18-9-8-16-14(17)12(2)10-15-3;/h11-13,15H,4-10H2,1-3H3,(H,16,17);1H. The Kier molecular flexibility index (Phi) is 10.3. The molecule has 5 heteroatoms. The van der Waals surface area contributed by atoms with Crippen molar-refractivity contribution in [2.45, 2.75) is 45.6 Å². The number of hydrogen-bond donors (Lipinski definition) is 2. The molecule has 19 heavy (non-hydrogen) atoms. The molecule has 0 aliphatic heterocycles. The number of amides is 1. The molecule has 4 nitrogen and oxygen atoms in total. The quantitative estimate of drug-likeness (QED) is 0.706. The second-order valence-corrected chi connectivity index (χ2v) is 5.42. The van der Waals surface area contributed by atoms with Gasteiger partial charge in [0.05, 0.1) is 12.7 Å².